The Kier molecular flexibility index (Phi) is 4.82. The van der Waals surface area contributed by atoms with Crippen LogP contribution in [0.2, 0.25) is 0 Å². The van der Waals surface area contributed by atoms with Gasteiger partial charge in [0.25, 0.3) is 0 Å². The highest BCUT2D eigenvalue weighted by atomic mass is 79.9. The minimum Gasteiger partial charge on any atom is -0.364 e. The predicted octanol–water partition coefficient (Wildman–Crippen LogP) is 2.15. The Bertz CT molecular complexity index is 620. The Morgan fingerprint density at radius 3 is 2.90 bits per heavy atom. The number of nitrogen functional groups attached to an aromatic ring is 1. The molecule has 0 fully saturated rings. The van der Waals surface area contributed by atoms with E-state index >= 15 is 0 Å². The van der Waals surface area contributed by atoms with Crippen LogP contribution in [0.1, 0.15) is 4.88 Å². The Morgan fingerprint density at radius 1 is 1.50 bits per heavy atom. The van der Waals surface area contributed by atoms with Crippen molar-refractivity contribution in [3.8, 4) is 0 Å². The van der Waals surface area contributed by atoms with Gasteiger partial charge in [-0.25, -0.2) is 10.8 Å². The first-order chi connectivity index (χ1) is 9.60. The second kappa shape index (κ2) is 6.59. The molecule has 0 aliphatic heterocycles. The van der Waals surface area contributed by atoms with Crippen LogP contribution in [-0.4, -0.2) is 21.4 Å². The smallest absolute Gasteiger partial charge is 0.329 e. The molecule has 0 spiro atoms. The third-order valence-corrected chi connectivity index (χ3v) is 4.07. The summed E-state index contributed by atoms with van der Waals surface area (Å²) in [5.74, 6) is 5.46. The van der Waals surface area contributed by atoms with Crippen molar-refractivity contribution < 1.29 is 4.92 Å². The van der Waals surface area contributed by atoms with E-state index in [1.165, 1.54) is 4.88 Å². The fourth-order valence-electron chi connectivity index (χ4n) is 1.50. The van der Waals surface area contributed by atoms with E-state index in [1.54, 1.807) is 11.3 Å². The van der Waals surface area contributed by atoms with Gasteiger partial charge in [-0.15, -0.1) is 11.3 Å². The number of nitrogens with zero attached hydrogens (tertiary/aromatic N) is 3. The average Bonchev–Trinajstić information content (AvgIpc) is 2.84. The van der Waals surface area contributed by atoms with E-state index in [-0.39, 0.29) is 17.5 Å². The first kappa shape index (κ1) is 14.6. The van der Waals surface area contributed by atoms with E-state index in [0.717, 1.165) is 16.4 Å². The van der Waals surface area contributed by atoms with Gasteiger partial charge in [-0.1, -0.05) is 0 Å². The van der Waals surface area contributed by atoms with Crippen molar-refractivity contribution in [3.05, 3.63) is 37.1 Å². The van der Waals surface area contributed by atoms with Crippen LogP contribution in [0, 0.1) is 10.1 Å². The second-order valence-corrected chi connectivity index (χ2v) is 6.26. The zero-order chi connectivity index (χ0) is 14.5. The molecule has 0 bridgehead atoms. The predicted molar refractivity (Wildman–Crippen MR) is 80.7 cm³/mol. The normalized spacial score (nSPS) is 10.3. The summed E-state index contributed by atoms with van der Waals surface area (Å²) in [4.78, 5) is 19.2. The average molecular weight is 359 g/mol. The third kappa shape index (κ3) is 3.62. The van der Waals surface area contributed by atoms with Gasteiger partial charge in [0.2, 0.25) is 11.8 Å². The Morgan fingerprint density at radius 2 is 2.30 bits per heavy atom. The van der Waals surface area contributed by atoms with Crippen molar-refractivity contribution in [1.82, 2.24) is 9.97 Å². The first-order valence-corrected chi connectivity index (χ1v) is 7.17. The number of thiophene rings is 1. The molecule has 20 heavy (non-hydrogen) atoms. The Hall–Kier alpha value is -1.78. The van der Waals surface area contributed by atoms with Gasteiger partial charge < -0.3 is 5.32 Å². The monoisotopic (exact) mass is 358 g/mol. The van der Waals surface area contributed by atoms with Crippen molar-refractivity contribution in [1.29, 1.82) is 0 Å². The highest BCUT2D eigenvalue weighted by Crippen LogP contribution is 2.24. The SMILES string of the molecule is NNc1ncc([N+](=O)[O-])c(NCCc2ccc(Br)s2)n1. The number of hydrogen-bond donors (Lipinski definition) is 3. The van der Waals surface area contributed by atoms with Crippen LogP contribution in [0.3, 0.4) is 0 Å². The summed E-state index contributed by atoms with van der Waals surface area (Å²) in [6, 6.07) is 3.96. The molecule has 0 amide bonds. The van der Waals surface area contributed by atoms with Gasteiger partial charge in [-0.3, -0.25) is 15.5 Å². The van der Waals surface area contributed by atoms with Gasteiger partial charge in [0.1, 0.15) is 6.20 Å². The summed E-state index contributed by atoms with van der Waals surface area (Å²) in [6.45, 7) is 0.523. The largest absolute Gasteiger partial charge is 0.364 e. The lowest BCUT2D eigenvalue weighted by molar-refractivity contribution is -0.384. The highest BCUT2D eigenvalue weighted by Gasteiger charge is 2.16. The van der Waals surface area contributed by atoms with Gasteiger partial charge in [0, 0.05) is 11.4 Å². The quantitative estimate of drug-likeness (QED) is 0.411. The van der Waals surface area contributed by atoms with Gasteiger partial charge in [-0.05, 0) is 34.5 Å². The van der Waals surface area contributed by atoms with Gasteiger partial charge in [0.05, 0.1) is 8.71 Å². The molecule has 2 aromatic rings. The molecule has 0 aromatic carbocycles. The maximum Gasteiger partial charge on any atom is 0.329 e. The standard InChI is InChI=1S/C10H11BrN6O2S/c11-8-2-1-6(20-8)3-4-13-9-7(17(18)19)5-14-10(15-9)16-12/h1-2,5H,3-4,12H2,(H2,13,14,15,16). The number of halogens is 1. The van der Waals surface area contributed by atoms with Crippen LogP contribution in [0.5, 0.6) is 0 Å². The molecule has 0 atom stereocenters. The number of hydrazine groups is 1. The fraction of sp³-hybridized carbons (Fsp3) is 0.200. The Labute approximate surface area is 126 Å². The number of aromatic nitrogens is 2. The summed E-state index contributed by atoms with van der Waals surface area (Å²) in [5, 5.41) is 13.8. The van der Waals surface area contributed by atoms with Gasteiger partial charge >= 0.3 is 5.69 Å². The van der Waals surface area contributed by atoms with Crippen LogP contribution in [0.25, 0.3) is 0 Å². The summed E-state index contributed by atoms with van der Waals surface area (Å²) >= 11 is 5.00. The van der Waals surface area contributed by atoms with Crippen LogP contribution in [-0.2, 0) is 6.42 Å². The molecule has 10 heteroatoms. The molecule has 2 heterocycles. The molecular formula is C10H11BrN6O2S. The molecular weight excluding hydrogens is 348 g/mol. The highest BCUT2D eigenvalue weighted by molar-refractivity contribution is 9.11. The van der Waals surface area contributed by atoms with E-state index in [1.807, 2.05) is 12.1 Å². The number of nitrogens with two attached hydrogens (primary N) is 1. The maximum atomic E-state index is 10.9. The summed E-state index contributed by atoms with van der Waals surface area (Å²) < 4.78 is 1.05. The van der Waals surface area contributed by atoms with E-state index in [4.69, 9.17) is 5.84 Å². The van der Waals surface area contributed by atoms with E-state index in [0.29, 0.717) is 6.54 Å². The van der Waals surface area contributed by atoms with Gasteiger partial charge in [0.15, 0.2) is 0 Å². The summed E-state index contributed by atoms with van der Waals surface area (Å²) in [5.41, 5.74) is 2.07. The molecule has 0 saturated heterocycles. The lowest BCUT2D eigenvalue weighted by Crippen LogP contribution is -2.14. The maximum absolute atomic E-state index is 10.9. The van der Waals surface area contributed by atoms with Crippen LogP contribution < -0.4 is 16.6 Å². The van der Waals surface area contributed by atoms with Crippen LogP contribution >= 0.6 is 27.3 Å². The van der Waals surface area contributed by atoms with Crippen molar-refractivity contribution in [3.63, 3.8) is 0 Å². The lowest BCUT2D eigenvalue weighted by Gasteiger charge is -2.06. The zero-order valence-electron chi connectivity index (χ0n) is 10.2. The first-order valence-electron chi connectivity index (χ1n) is 5.56. The van der Waals surface area contributed by atoms with Crippen molar-refractivity contribution in [2.75, 3.05) is 17.3 Å². The van der Waals surface area contributed by atoms with Crippen molar-refractivity contribution >= 4 is 44.7 Å². The molecule has 2 rings (SSSR count). The van der Waals surface area contributed by atoms with Crippen LogP contribution in [0.15, 0.2) is 22.1 Å². The molecule has 0 aliphatic rings. The number of nitro groups is 1. The van der Waals surface area contributed by atoms with E-state index in [2.05, 4.69) is 36.6 Å². The fourth-order valence-corrected chi connectivity index (χ4v) is 2.98. The molecule has 0 saturated carbocycles. The molecule has 8 nitrogen and oxygen atoms in total. The zero-order valence-corrected chi connectivity index (χ0v) is 12.6. The third-order valence-electron chi connectivity index (χ3n) is 2.39. The molecule has 4 N–H and O–H groups in total. The van der Waals surface area contributed by atoms with E-state index < -0.39 is 4.92 Å². The number of rotatable bonds is 6. The van der Waals surface area contributed by atoms with Crippen molar-refractivity contribution in [2.45, 2.75) is 6.42 Å². The number of nitrogens with one attached hydrogen (secondary N) is 2. The molecule has 106 valence electrons. The summed E-state index contributed by atoms with van der Waals surface area (Å²) in [6.07, 6.45) is 1.86. The minimum atomic E-state index is -0.537. The second-order valence-electron chi connectivity index (χ2n) is 3.71. The summed E-state index contributed by atoms with van der Waals surface area (Å²) in [7, 11) is 0. The van der Waals surface area contributed by atoms with Crippen LogP contribution in [0.4, 0.5) is 17.5 Å². The van der Waals surface area contributed by atoms with Gasteiger partial charge in [-0.2, -0.15) is 4.98 Å². The molecule has 2 aromatic heterocycles. The molecule has 0 unspecified atom stereocenters. The topological polar surface area (TPSA) is 119 Å². The Balaban J connectivity index is 2.05. The van der Waals surface area contributed by atoms with Crippen molar-refractivity contribution in [2.24, 2.45) is 5.84 Å². The number of hydrogen-bond acceptors (Lipinski definition) is 8. The lowest BCUT2D eigenvalue weighted by atomic mass is 10.3. The van der Waals surface area contributed by atoms with E-state index in [9.17, 15) is 10.1 Å². The molecule has 0 aliphatic carbocycles. The number of anilines is 2. The minimum absolute atomic E-state index is 0.122. The molecule has 0 radical (unpaired) electrons.